The first-order valence-electron chi connectivity index (χ1n) is 8.46. The summed E-state index contributed by atoms with van der Waals surface area (Å²) >= 11 is 1.69. The minimum absolute atomic E-state index is 0.369. The summed E-state index contributed by atoms with van der Waals surface area (Å²) in [5.41, 5.74) is 6.31. The number of likely N-dealkylation sites (N-methyl/N-ethyl adjacent to an activating group) is 1. The number of nitrogens with zero attached hydrogens (tertiary/aromatic N) is 2. The van der Waals surface area contributed by atoms with E-state index in [1.165, 1.54) is 22.3 Å². The Bertz CT molecular complexity index is 1040. The van der Waals surface area contributed by atoms with Gasteiger partial charge >= 0.3 is 0 Å². The molecule has 0 spiro atoms. The van der Waals surface area contributed by atoms with E-state index in [9.17, 15) is 0 Å². The fourth-order valence-corrected chi connectivity index (χ4v) is 4.46. The molecule has 3 heterocycles. The van der Waals surface area contributed by atoms with Crippen LogP contribution in [0, 0.1) is 0 Å². The molecule has 4 aromatic rings. The fourth-order valence-electron chi connectivity index (χ4n) is 3.82. The molecule has 0 aliphatic carbocycles. The number of hydrogen-bond donors (Lipinski definition) is 0. The molecule has 0 amide bonds. The van der Waals surface area contributed by atoms with Crippen molar-refractivity contribution in [3.8, 4) is 10.6 Å². The minimum atomic E-state index is 0.369. The zero-order chi connectivity index (χ0) is 16.8. The van der Waals surface area contributed by atoms with Gasteiger partial charge in [0, 0.05) is 41.5 Å². The van der Waals surface area contributed by atoms with Crippen LogP contribution in [0.4, 0.5) is 0 Å². The van der Waals surface area contributed by atoms with E-state index < -0.39 is 0 Å². The lowest BCUT2D eigenvalue weighted by atomic mass is 9.84. The predicted molar refractivity (Wildman–Crippen MR) is 102 cm³/mol. The first-order valence-corrected chi connectivity index (χ1v) is 9.34. The molecule has 1 atom stereocenters. The van der Waals surface area contributed by atoms with E-state index in [2.05, 4.69) is 53.3 Å². The largest absolute Gasteiger partial charge is 0.464 e. The number of furan rings is 1. The molecule has 5 rings (SSSR count). The van der Waals surface area contributed by atoms with Crippen LogP contribution >= 0.6 is 11.3 Å². The van der Waals surface area contributed by atoms with Crippen molar-refractivity contribution < 1.29 is 4.42 Å². The summed E-state index contributed by atoms with van der Waals surface area (Å²) < 4.78 is 5.61. The van der Waals surface area contributed by atoms with Crippen molar-refractivity contribution in [2.75, 3.05) is 13.6 Å². The summed E-state index contributed by atoms with van der Waals surface area (Å²) in [6, 6.07) is 15.4. The van der Waals surface area contributed by atoms with Crippen LogP contribution in [0.1, 0.15) is 22.6 Å². The standard InChI is InChI=1S/C21H18N2OS/c1-23-12-17-10-16(21-22-7-9-25-21)4-5-18(17)19(13-23)15-3-2-14-6-8-24-20(14)11-15/h2-11,19H,12-13H2,1H3. The number of fused-ring (bicyclic) bond motifs is 2. The summed E-state index contributed by atoms with van der Waals surface area (Å²) in [5.74, 6) is 0.369. The van der Waals surface area contributed by atoms with Gasteiger partial charge in [-0.15, -0.1) is 11.3 Å². The SMILES string of the molecule is CN1Cc2cc(-c3nccs3)ccc2C(c2ccc3ccoc3c2)C1. The first kappa shape index (κ1) is 14.9. The molecule has 0 bridgehead atoms. The maximum absolute atomic E-state index is 5.61. The molecule has 25 heavy (non-hydrogen) atoms. The second kappa shape index (κ2) is 5.83. The van der Waals surface area contributed by atoms with Crippen LogP contribution in [0.25, 0.3) is 21.5 Å². The highest BCUT2D eigenvalue weighted by molar-refractivity contribution is 7.13. The number of thiazole rings is 1. The lowest BCUT2D eigenvalue weighted by Gasteiger charge is -2.33. The lowest BCUT2D eigenvalue weighted by molar-refractivity contribution is 0.295. The molecule has 4 heteroatoms. The van der Waals surface area contributed by atoms with E-state index in [-0.39, 0.29) is 0 Å². The molecule has 0 N–H and O–H groups in total. The normalized spacial score (nSPS) is 17.7. The molecular formula is C21H18N2OS. The third-order valence-electron chi connectivity index (χ3n) is 5.01. The Labute approximate surface area is 150 Å². The van der Waals surface area contributed by atoms with Gasteiger partial charge in [-0.3, -0.25) is 0 Å². The molecule has 1 aliphatic heterocycles. The Hall–Kier alpha value is -2.43. The maximum Gasteiger partial charge on any atom is 0.134 e. The van der Waals surface area contributed by atoms with Gasteiger partial charge in [0.25, 0.3) is 0 Å². The van der Waals surface area contributed by atoms with Crippen molar-refractivity contribution in [2.24, 2.45) is 0 Å². The molecule has 0 radical (unpaired) electrons. The Morgan fingerprint density at radius 2 is 2.12 bits per heavy atom. The average molecular weight is 346 g/mol. The topological polar surface area (TPSA) is 29.3 Å². The highest BCUT2D eigenvalue weighted by atomic mass is 32.1. The smallest absolute Gasteiger partial charge is 0.134 e. The molecule has 2 aromatic carbocycles. The summed E-state index contributed by atoms with van der Waals surface area (Å²) in [4.78, 5) is 6.85. The van der Waals surface area contributed by atoms with Crippen LogP contribution in [0.3, 0.4) is 0 Å². The Morgan fingerprint density at radius 1 is 1.16 bits per heavy atom. The van der Waals surface area contributed by atoms with Gasteiger partial charge in [-0.25, -0.2) is 4.98 Å². The number of aromatic nitrogens is 1. The molecule has 1 unspecified atom stereocenters. The number of rotatable bonds is 2. The van der Waals surface area contributed by atoms with E-state index in [0.29, 0.717) is 5.92 Å². The molecule has 3 nitrogen and oxygen atoms in total. The van der Waals surface area contributed by atoms with Gasteiger partial charge in [-0.2, -0.15) is 0 Å². The summed E-state index contributed by atoms with van der Waals surface area (Å²) in [7, 11) is 2.19. The molecular weight excluding hydrogens is 328 g/mol. The molecule has 2 aromatic heterocycles. The summed E-state index contributed by atoms with van der Waals surface area (Å²) in [6.07, 6.45) is 3.63. The highest BCUT2D eigenvalue weighted by Crippen LogP contribution is 2.36. The molecule has 124 valence electrons. The van der Waals surface area contributed by atoms with Crippen molar-refractivity contribution in [3.63, 3.8) is 0 Å². The van der Waals surface area contributed by atoms with Crippen molar-refractivity contribution in [3.05, 3.63) is 77.0 Å². The van der Waals surface area contributed by atoms with Crippen LogP contribution in [-0.4, -0.2) is 23.5 Å². The molecule has 0 saturated heterocycles. The summed E-state index contributed by atoms with van der Waals surface area (Å²) in [6.45, 7) is 2.00. The van der Waals surface area contributed by atoms with Crippen molar-refractivity contribution in [1.82, 2.24) is 9.88 Å². The van der Waals surface area contributed by atoms with Crippen LogP contribution in [0.5, 0.6) is 0 Å². The predicted octanol–water partition coefficient (Wildman–Crippen LogP) is 5.13. The van der Waals surface area contributed by atoms with Crippen LogP contribution in [-0.2, 0) is 6.54 Å². The molecule has 1 aliphatic rings. The third-order valence-corrected chi connectivity index (χ3v) is 5.84. The Balaban J connectivity index is 1.60. The maximum atomic E-state index is 5.61. The quantitative estimate of drug-likeness (QED) is 0.504. The van der Waals surface area contributed by atoms with E-state index in [4.69, 9.17) is 4.42 Å². The first-order chi connectivity index (χ1) is 12.3. The van der Waals surface area contributed by atoms with Gasteiger partial charge < -0.3 is 9.32 Å². The molecule has 0 saturated carbocycles. The van der Waals surface area contributed by atoms with E-state index in [1.807, 2.05) is 17.6 Å². The van der Waals surface area contributed by atoms with Gasteiger partial charge in [0.15, 0.2) is 0 Å². The monoisotopic (exact) mass is 346 g/mol. The second-order valence-electron chi connectivity index (χ2n) is 6.72. The van der Waals surface area contributed by atoms with Gasteiger partial charge in [-0.1, -0.05) is 24.3 Å². The Morgan fingerprint density at radius 3 is 3.00 bits per heavy atom. The van der Waals surface area contributed by atoms with E-state index in [0.717, 1.165) is 29.1 Å². The number of benzene rings is 2. The van der Waals surface area contributed by atoms with Crippen LogP contribution in [0.2, 0.25) is 0 Å². The van der Waals surface area contributed by atoms with Gasteiger partial charge in [0.1, 0.15) is 10.6 Å². The van der Waals surface area contributed by atoms with Gasteiger partial charge in [-0.05, 0) is 41.9 Å². The van der Waals surface area contributed by atoms with Gasteiger partial charge in [0.05, 0.1) is 6.26 Å². The van der Waals surface area contributed by atoms with Crippen molar-refractivity contribution in [2.45, 2.75) is 12.5 Å². The number of hydrogen-bond acceptors (Lipinski definition) is 4. The van der Waals surface area contributed by atoms with Crippen LogP contribution in [0.15, 0.2) is 64.7 Å². The van der Waals surface area contributed by atoms with Crippen molar-refractivity contribution >= 4 is 22.3 Å². The third kappa shape index (κ3) is 2.58. The zero-order valence-electron chi connectivity index (χ0n) is 14.0. The van der Waals surface area contributed by atoms with E-state index in [1.54, 1.807) is 17.6 Å². The van der Waals surface area contributed by atoms with Crippen LogP contribution < -0.4 is 0 Å². The van der Waals surface area contributed by atoms with Gasteiger partial charge in [0.2, 0.25) is 0 Å². The lowest BCUT2D eigenvalue weighted by Crippen LogP contribution is -2.31. The summed E-state index contributed by atoms with van der Waals surface area (Å²) in [5, 5.41) is 4.28. The fraction of sp³-hybridized carbons (Fsp3) is 0.190. The molecule has 0 fully saturated rings. The zero-order valence-corrected chi connectivity index (χ0v) is 14.8. The second-order valence-corrected chi connectivity index (χ2v) is 7.61. The highest BCUT2D eigenvalue weighted by Gasteiger charge is 2.25. The Kier molecular flexibility index (Phi) is 3.47. The van der Waals surface area contributed by atoms with E-state index >= 15 is 0 Å². The van der Waals surface area contributed by atoms with Crippen molar-refractivity contribution in [1.29, 1.82) is 0 Å². The minimum Gasteiger partial charge on any atom is -0.464 e. The average Bonchev–Trinajstić information content (AvgIpc) is 3.31.